The lowest BCUT2D eigenvalue weighted by atomic mass is 10.1. The average molecular weight is 238 g/mol. The summed E-state index contributed by atoms with van der Waals surface area (Å²) in [6.45, 7) is 0.957. The van der Waals surface area contributed by atoms with Crippen LogP contribution < -0.4 is 10.6 Å². The molecule has 0 saturated carbocycles. The van der Waals surface area contributed by atoms with E-state index in [1.807, 2.05) is 0 Å². The maximum Gasteiger partial charge on any atom is 0.414 e. The zero-order chi connectivity index (χ0) is 12.3. The molecule has 1 saturated heterocycles. The highest BCUT2D eigenvalue weighted by Gasteiger charge is 2.33. The van der Waals surface area contributed by atoms with Crippen LogP contribution in [0.15, 0.2) is 24.3 Å². The zero-order valence-corrected chi connectivity index (χ0v) is 9.43. The second-order valence-electron chi connectivity index (χ2n) is 4.01. The van der Waals surface area contributed by atoms with Crippen LogP contribution in [0.2, 0.25) is 0 Å². The van der Waals surface area contributed by atoms with Crippen molar-refractivity contribution < 1.29 is 13.9 Å². The summed E-state index contributed by atoms with van der Waals surface area (Å²) in [5.74, 6) is -0.320. The lowest BCUT2D eigenvalue weighted by Gasteiger charge is -2.21. The van der Waals surface area contributed by atoms with Gasteiger partial charge in [-0.05, 0) is 43.7 Å². The summed E-state index contributed by atoms with van der Waals surface area (Å²) in [5, 5.41) is 0. The van der Waals surface area contributed by atoms with Gasteiger partial charge in [0.2, 0.25) is 0 Å². The number of rotatable bonds is 4. The van der Waals surface area contributed by atoms with Gasteiger partial charge in [0.15, 0.2) is 0 Å². The Kier molecular flexibility index (Phi) is 3.58. The third kappa shape index (κ3) is 2.55. The van der Waals surface area contributed by atoms with Crippen molar-refractivity contribution >= 4 is 11.8 Å². The van der Waals surface area contributed by atoms with E-state index in [4.69, 9.17) is 10.5 Å². The Morgan fingerprint density at radius 3 is 2.76 bits per heavy atom. The molecule has 17 heavy (non-hydrogen) atoms. The van der Waals surface area contributed by atoms with Crippen LogP contribution >= 0.6 is 0 Å². The van der Waals surface area contributed by atoms with E-state index in [0.29, 0.717) is 18.8 Å². The highest BCUT2D eigenvalue weighted by Crippen LogP contribution is 2.25. The van der Waals surface area contributed by atoms with Gasteiger partial charge in [-0.3, -0.25) is 4.90 Å². The normalized spacial score (nSPS) is 19.5. The summed E-state index contributed by atoms with van der Waals surface area (Å²) in [6.07, 6.45) is 1.25. The molecule has 0 bridgehead atoms. The van der Waals surface area contributed by atoms with Gasteiger partial charge in [-0.25, -0.2) is 9.18 Å². The van der Waals surface area contributed by atoms with E-state index in [1.54, 1.807) is 17.0 Å². The van der Waals surface area contributed by atoms with Gasteiger partial charge >= 0.3 is 6.09 Å². The van der Waals surface area contributed by atoms with Gasteiger partial charge in [-0.2, -0.15) is 0 Å². The van der Waals surface area contributed by atoms with Crippen molar-refractivity contribution in [3.8, 4) is 0 Å². The minimum Gasteiger partial charge on any atom is -0.447 e. The smallest absolute Gasteiger partial charge is 0.414 e. The van der Waals surface area contributed by atoms with Crippen LogP contribution in [-0.2, 0) is 4.74 Å². The molecule has 1 aliphatic heterocycles. The van der Waals surface area contributed by atoms with Gasteiger partial charge in [0.25, 0.3) is 0 Å². The topological polar surface area (TPSA) is 55.6 Å². The van der Waals surface area contributed by atoms with Crippen molar-refractivity contribution in [2.45, 2.75) is 18.9 Å². The van der Waals surface area contributed by atoms with Crippen LogP contribution in [0.5, 0.6) is 0 Å². The first-order chi connectivity index (χ1) is 8.22. The lowest BCUT2D eigenvalue weighted by molar-refractivity contribution is 0.178. The molecule has 1 aromatic rings. The van der Waals surface area contributed by atoms with Gasteiger partial charge in [0.1, 0.15) is 12.4 Å². The van der Waals surface area contributed by atoms with Crippen molar-refractivity contribution in [3.05, 3.63) is 30.1 Å². The number of hydrogen-bond donors (Lipinski definition) is 1. The van der Waals surface area contributed by atoms with Gasteiger partial charge in [0, 0.05) is 5.69 Å². The molecule has 1 unspecified atom stereocenters. The third-order valence-electron chi connectivity index (χ3n) is 2.81. The molecule has 1 aromatic carbocycles. The molecule has 2 N–H and O–H groups in total. The molecular weight excluding hydrogens is 223 g/mol. The van der Waals surface area contributed by atoms with Crippen LogP contribution in [-0.4, -0.2) is 25.3 Å². The second-order valence-corrected chi connectivity index (χ2v) is 4.01. The van der Waals surface area contributed by atoms with Crippen LogP contribution in [0, 0.1) is 5.82 Å². The van der Waals surface area contributed by atoms with Crippen LogP contribution in [0.25, 0.3) is 0 Å². The summed E-state index contributed by atoms with van der Waals surface area (Å²) in [7, 11) is 0. The molecule has 0 radical (unpaired) electrons. The fraction of sp³-hybridized carbons (Fsp3) is 0.417. The second kappa shape index (κ2) is 5.14. The zero-order valence-electron chi connectivity index (χ0n) is 9.43. The molecular formula is C12H15FN2O2. The number of anilines is 1. The first kappa shape index (κ1) is 11.9. The van der Waals surface area contributed by atoms with Gasteiger partial charge in [0.05, 0.1) is 6.04 Å². The summed E-state index contributed by atoms with van der Waals surface area (Å²) in [5.41, 5.74) is 6.11. The Bertz CT molecular complexity index is 394. The number of hydrogen-bond acceptors (Lipinski definition) is 3. The largest absolute Gasteiger partial charge is 0.447 e. The van der Waals surface area contributed by atoms with E-state index in [-0.39, 0.29) is 18.0 Å². The Balaban J connectivity index is 2.15. The SMILES string of the molecule is NCCCC1COC(=O)N1c1ccc(F)cc1. The van der Waals surface area contributed by atoms with E-state index in [0.717, 1.165) is 12.8 Å². The maximum atomic E-state index is 12.8. The summed E-state index contributed by atoms with van der Waals surface area (Å²) < 4.78 is 17.8. The van der Waals surface area contributed by atoms with Gasteiger partial charge in [-0.15, -0.1) is 0 Å². The molecule has 0 spiro atoms. The molecule has 1 heterocycles. The quantitative estimate of drug-likeness (QED) is 0.871. The maximum absolute atomic E-state index is 12.8. The van der Waals surface area contributed by atoms with E-state index in [2.05, 4.69) is 0 Å². The monoisotopic (exact) mass is 238 g/mol. The van der Waals surface area contributed by atoms with Crippen LogP contribution in [0.3, 0.4) is 0 Å². The first-order valence-corrected chi connectivity index (χ1v) is 5.64. The lowest BCUT2D eigenvalue weighted by Crippen LogP contribution is -2.33. The fourth-order valence-corrected chi connectivity index (χ4v) is 1.94. The predicted octanol–water partition coefficient (Wildman–Crippen LogP) is 1.89. The molecule has 5 heteroatoms. The number of carbonyl (C=O) groups is 1. The third-order valence-corrected chi connectivity index (χ3v) is 2.81. The Hall–Kier alpha value is -1.62. The first-order valence-electron chi connectivity index (χ1n) is 5.64. The van der Waals surface area contributed by atoms with Gasteiger partial charge in [-0.1, -0.05) is 0 Å². The van der Waals surface area contributed by atoms with Crippen molar-refractivity contribution in [1.82, 2.24) is 0 Å². The molecule has 1 fully saturated rings. The standard InChI is InChI=1S/C12H15FN2O2/c13-9-3-5-10(6-4-9)15-11(2-1-7-14)8-17-12(15)16/h3-6,11H,1-2,7-8,14H2. The number of cyclic esters (lactones) is 1. The number of nitrogens with zero attached hydrogens (tertiary/aromatic N) is 1. The Morgan fingerprint density at radius 1 is 1.41 bits per heavy atom. The Labute approximate surface area is 99.2 Å². The molecule has 2 rings (SSSR count). The minimum absolute atomic E-state index is 0.00323. The number of amides is 1. The highest BCUT2D eigenvalue weighted by molar-refractivity contribution is 5.90. The molecule has 0 aromatic heterocycles. The van der Waals surface area contributed by atoms with Crippen molar-refractivity contribution in [1.29, 1.82) is 0 Å². The molecule has 1 aliphatic rings. The summed E-state index contributed by atoms with van der Waals surface area (Å²) >= 11 is 0. The summed E-state index contributed by atoms with van der Waals surface area (Å²) in [4.78, 5) is 13.2. The summed E-state index contributed by atoms with van der Waals surface area (Å²) in [6, 6.07) is 5.83. The van der Waals surface area contributed by atoms with Crippen molar-refractivity contribution in [2.75, 3.05) is 18.1 Å². The van der Waals surface area contributed by atoms with E-state index >= 15 is 0 Å². The molecule has 0 aliphatic carbocycles. The molecule has 1 amide bonds. The molecule has 92 valence electrons. The predicted molar refractivity (Wildman–Crippen MR) is 62.3 cm³/mol. The minimum atomic E-state index is -0.376. The van der Waals surface area contributed by atoms with E-state index in [9.17, 15) is 9.18 Å². The number of ether oxygens (including phenoxy) is 1. The number of carbonyl (C=O) groups excluding carboxylic acids is 1. The fourth-order valence-electron chi connectivity index (χ4n) is 1.94. The van der Waals surface area contributed by atoms with Crippen LogP contribution in [0.4, 0.5) is 14.9 Å². The van der Waals surface area contributed by atoms with E-state index < -0.39 is 0 Å². The average Bonchev–Trinajstić information content (AvgIpc) is 2.69. The van der Waals surface area contributed by atoms with Crippen molar-refractivity contribution in [2.24, 2.45) is 5.73 Å². The molecule has 1 atom stereocenters. The number of nitrogens with two attached hydrogens (primary N) is 1. The van der Waals surface area contributed by atoms with Crippen molar-refractivity contribution in [3.63, 3.8) is 0 Å². The number of benzene rings is 1. The van der Waals surface area contributed by atoms with Crippen LogP contribution in [0.1, 0.15) is 12.8 Å². The van der Waals surface area contributed by atoms with Gasteiger partial charge < -0.3 is 10.5 Å². The Morgan fingerprint density at radius 2 is 2.12 bits per heavy atom. The number of halogens is 1. The highest BCUT2D eigenvalue weighted by atomic mass is 19.1. The molecule has 4 nitrogen and oxygen atoms in total. The van der Waals surface area contributed by atoms with E-state index in [1.165, 1.54) is 12.1 Å².